The van der Waals surface area contributed by atoms with Gasteiger partial charge in [0, 0.05) is 5.56 Å². The first-order valence-corrected chi connectivity index (χ1v) is 8.51. The Balaban J connectivity index is 1.75. The van der Waals surface area contributed by atoms with Gasteiger partial charge in [-0.3, -0.25) is 20.2 Å². The molecule has 1 heterocycles. The van der Waals surface area contributed by atoms with Gasteiger partial charge in [0.2, 0.25) is 11.9 Å². The molecular formula is C20H21N3O3. The maximum atomic E-state index is 12.4. The largest absolute Gasteiger partial charge is 0.497 e. The Bertz CT molecular complexity index is 826. The van der Waals surface area contributed by atoms with Crippen LogP contribution in [0, 0.1) is 0 Å². The van der Waals surface area contributed by atoms with Gasteiger partial charge in [-0.2, -0.15) is 0 Å². The lowest BCUT2D eigenvalue weighted by atomic mass is 10.0. The maximum Gasteiger partial charge on any atom is 0.257 e. The van der Waals surface area contributed by atoms with Gasteiger partial charge in [0.05, 0.1) is 19.6 Å². The van der Waals surface area contributed by atoms with Crippen molar-refractivity contribution in [1.82, 2.24) is 10.6 Å². The average Bonchev–Trinajstić information content (AvgIpc) is 2.67. The molecule has 1 aliphatic heterocycles. The molecule has 0 fully saturated rings. The zero-order chi connectivity index (χ0) is 18.5. The second-order valence-corrected chi connectivity index (χ2v) is 6.02. The van der Waals surface area contributed by atoms with Gasteiger partial charge in [-0.25, -0.2) is 4.99 Å². The van der Waals surface area contributed by atoms with E-state index in [1.807, 2.05) is 36.4 Å². The van der Waals surface area contributed by atoms with Crippen molar-refractivity contribution in [2.75, 3.05) is 7.11 Å². The third-order valence-corrected chi connectivity index (χ3v) is 4.28. The molecule has 1 atom stereocenters. The van der Waals surface area contributed by atoms with Crippen molar-refractivity contribution in [3.8, 4) is 5.75 Å². The van der Waals surface area contributed by atoms with Crippen LogP contribution in [-0.2, 0) is 11.2 Å². The molecule has 3 rings (SSSR count). The minimum atomic E-state index is -0.340. The molecule has 0 radical (unpaired) electrons. The fourth-order valence-electron chi connectivity index (χ4n) is 2.75. The van der Waals surface area contributed by atoms with Gasteiger partial charge in [-0.05, 0) is 41.8 Å². The van der Waals surface area contributed by atoms with E-state index in [1.54, 1.807) is 19.2 Å². The number of benzene rings is 2. The lowest BCUT2D eigenvalue weighted by Crippen LogP contribution is -2.47. The number of rotatable bonds is 4. The Labute approximate surface area is 152 Å². The number of carbonyl (C=O) groups is 2. The molecule has 26 heavy (non-hydrogen) atoms. The van der Waals surface area contributed by atoms with Crippen LogP contribution in [0.25, 0.3) is 0 Å². The van der Waals surface area contributed by atoms with Crippen molar-refractivity contribution >= 4 is 17.8 Å². The monoisotopic (exact) mass is 351 g/mol. The fraction of sp³-hybridized carbons (Fsp3) is 0.250. The van der Waals surface area contributed by atoms with Crippen molar-refractivity contribution in [2.45, 2.75) is 25.8 Å². The van der Waals surface area contributed by atoms with E-state index in [2.05, 4.69) is 22.5 Å². The van der Waals surface area contributed by atoms with E-state index >= 15 is 0 Å². The molecule has 2 aromatic carbocycles. The van der Waals surface area contributed by atoms with Crippen molar-refractivity contribution in [2.24, 2.45) is 4.99 Å². The second kappa shape index (κ2) is 7.82. The zero-order valence-corrected chi connectivity index (χ0v) is 14.8. The molecule has 0 spiro atoms. The normalized spacial score (nSPS) is 16.5. The summed E-state index contributed by atoms with van der Waals surface area (Å²) in [5.74, 6) is 0.424. The van der Waals surface area contributed by atoms with Crippen LogP contribution >= 0.6 is 0 Å². The number of hydrogen-bond acceptors (Lipinski definition) is 4. The Morgan fingerprint density at radius 3 is 2.50 bits per heavy atom. The summed E-state index contributed by atoms with van der Waals surface area (Å²) in [5, 5.41) is 5.30. The zero-order valence-electron chi connectivity index (χ0n) is 14.8. The van der Waals surface area contributed by atoms with Crippen LogP contribution in [0.15, 0.2) is 53.5 Å². The molecule has 0 aliphatic carbocycles. The minimum Gasteiger partial charge on any atom is -0.497 e. The molecular weight excluding hydrogens is 330 g/mol. The van der Waals surface area contributed by atoms with Crippen LogP contribution in [0.1, 0.15) is 40.9 Å². The number of guanidine groups is 1. The highest BCUT2D eigenvalue weighted by molar-refractivity contribution is 6.10. The highest BCUT2D eigenvalue weighted by Crippen LogP contribution is 2.25. The molecule has 2 amide bonds. The first kappa shape index (κ1) is 17.7. The van der Waals surface area contributed by atoms with Crippen LogP contribution in [0.2, 0.25) is 0 Å². The molecule has 134 valence electrons. The van der Waals surface area contributed by atoms with Gasteiger partial charge >= 0.3 is 0 Å². The Hall–Kier alpha value is -3.15. The maximum absolute atomic E-state index is 12.4. The van der Waals surface area contributed by atoms with Crippen LogP contribution in [0.4, 0.5) is 0 Å². The first-order valence-electron chi connectivity index (χ1n) is 8.51. The number of aliphatic imine (C=N–C) groups is 1. The summed E-state index contributed by atoms with van der Waals surface area (Å²) in [5.41, 5.74) is 2.56. The number of nitrogens with one attached hydrogen (secondary N) is 2. The third-order valence-electron chi connectivity index (χ3n) is 4.28. The third kappa shape index (κ3) is 4.08. The Morgan fingerprint density at radius 2 is 1.88 bits per heavy atom. The van der Waals surface area contributed by atoms with E-state index in [0.29, 0.717) is 5.56 Å². The summed E-state index contributed by atoms with van der Waals surface area (Å²) in [6.45, 7) is 2.06. The number of nitrogens with zero attached hydrogens (tertiary/aromatic N) is 1. The quantitative estimate of drug-likeness (QED) is 0.889. The summed E-state index contributed by atoms with van der Waals surface area (Å²) in [4.78, 5) is 28.9. The number of ether oxygens (including phenoxy) is 1. The standard InChI is InChI=1S/C20H21N3O3/c1-3-13-4-6-15(7-5-13)19(25)23-20-21-17(12-18(24)22-20)14-8-10-16(26-2)11-9-14/h4-11,17H,3,12H2,1-2H3,(H2,21,22,23,24,25)/t17-/m1/s1. The number of aryl methyl sites for hydroxylation is 1. The molecule has 0 bridgehead atoms. The van der Waals surface area contributed by atoms with Gasteiger partial charge < -0.3 is 4.74 Å². The number of amides is 2. The summed E-state index contributed by atoms with van der Waals surface area (Å²) >= 11 is 0. The van der Waals surface area contributed by atoms with Crippen molar-refractivity contribution < 1.29 is 14.3 Å². The summed E-state index contributed by atoms with van der Waals surface area (Å²) in [7, 11) is 1.60. The SMILES string of the molecule is CCc1ccc(C(=O)NC2=N[C@@H](c3ccc(OC)cc3)CC(=O)N2)cc1. The van der Waals surface area contributed by atoms with E-state index in [-0.39, 0.29) is 30.2 Å². The van der Waals surface area contributed by atoms with Crippen molar-refractivity contribution in [3.05, 3.63) is 65.2 Å². The van der Waals surface area contributed by atoms with Crippen LogP contribution in [0.3, 0.4) is 0 Å². The molecule has 1 aliphatic rings. The van der Waals surface area contributed by atoms with E-state index in [1.165, 1.54) is 0 Å². The van der Waals surface area contributed by atoms with Gasteiger partial charge in [-0.15, -0.1) is 0 Å². The van der Waals surface area contributed by atoms with Crippen LogP contribution in [-0.4, -0.2) is 24.9 Å². The van der Waals surface area contributed by atoms with Crippen LogP contribution in [0.5, 0.6) is 5.75 Å². The fourth-order valence-corrected chi connectivity index (χ4v) is 2.75. The van der Waals surface area contributed by atoms with Gasteiger partial charge in [0.25, 0.3) is 5.91 Å². The lowest BCUT2D eigenvalue weighted by Gasteiger charge is -2.21. The number of hydrogen-bond donors (Lipinski definition) is 2. The van der Waals surface area contributed by atoms with Crippen molar-refractivity contribution in [3.63, 3.8) is 0 Å². The van der Waals surface area contributed by atoms with E-state index < -0.39 is 0 Å². The molecule has 6 nitrogen and oxygen atoms in total. The molecule has 0 unspecified atom stereocenters. The molecule has 2 aromatic rings. The summed E-state index contributed by atoms with van der Waals surface area (Å²) < 4.78 is 5.14. The van der Waals surface area contributed by atoms with Crippen LogP contribution < -0.4 is 15.4 Å². The van der Waals surface area contributed by atoms with E-state index in [9.17, 15) is 9.59 Å². The molecule has 0 aromatic heterocycles. The second-order valence-electron chi connectivity index (χ2n) is 6.02. The molecule has 6 heteroatoms. The highest BCUT2D eigenvalue weighted by Gasteiger charge is 2.23. The Kier molecular flexibility index (Phi) is 5.31. The summed E-state index contributed by atoms with van der Waals surface area (Å²) in [6.07, 6.45) is 1.14. The van der Waals surface area contributed by atoms with Crippen molar-refractivity contribution in [1.29, 1.82) is 0 Å². The predicted octanol–water partition coefficient (Wildman–Crippen LogP) is 2.60. The smallest absolute Gasteiger partial charge is 0.257 e. The van der Waals surface area contributed by atoms with Gasteiger partial charge in [-0.1, -0.05) is 31.2 Å². The Morgan fingerprint density at radius 1 is 1.19 bits per heavy atom. The molecule has 0 saturated heterocycles. The van der Waals surface area contributed by atoms with E-state index in [4.69, 9.17) is 4.74 Å². The predicted molar refractivity (Wildman–Crippen MR) is 99.2 cm³/mol. The topological polar surface area (TPSA) is 79.8 Å². The first-order chi connectivity index (χ1) is 12.6. The minimum absolute atomic E-state index is 0.173. The molecule has 0 saturated carbocycles. The molecule has 2 N–H and O–H groups in total. The number of carbonyl (C=O) groups excluding carboxylic acids is 2. The lowest BCUT2D eigenvalue weighted by molar-refractivity contribution is -0.120. The summed E-state index contributed by atoms with van der Waals surface area (Å²) in [6, 6.07) is 14.4. The number of methoxy groups -OCH3 is 1. The highest BCUT2D eigenvalue weighted by atomic mass is 16.5. The van der Waals surface area contributed by atoms with Gasteiger partial charge in [0.15, 0.2) is 0 Å². The van der Waals surface area contributed by atoms with E-state index in [0.717, 1.165) is 23.3 Å². The van der Waals surface area contributed by atoms with Gasteiger partial charge in [0.1, 0.15) is 5.75 Å². The average molecular weight is 351 g/mol.